The molecule has 0 saturated carbocycles. The molecule has 0 amide bonds. The van der Waals surface area contributed by atoms with Crippen molar-refractivity contribution in [1.82, 2.24) is 9.88 Å². The van der Waals surface area contributed by atoms with Crippen molar-refractivity contribution >= 4 is 16.9 Å². The first-order chi connectivity index (χ1) is 9.93. The van der Waals surface area contributed by atoms with Gasteiger partial charge in [-0.2, -0.15) is 0 Å². The van der Waals surface area contributed by atoms with Crippen LogP contribution in [0.1, 0.15) is 25.0 Å². The van der Waals surface area contributed by atoms with Gasteiger partial charge in [0.05, 0.1) is 5.52 Å². The molecule has 0 radical (unpaired) electrons. The van der Waals surface area contributed by atoms with Crippen LogP contribution in [0.15, 0.2) is 12.3 Å². The number of esters is 1. The predicted molar refractivity (Wildman–Crippen MR) is 81.2 cm³/mol. The van der Waals surface area contributed by atoms with Gasteiger partial charge in [0.1, 0.15) is 11.6 Å². The van der Waals surface area contributed by atoms with Crippen molar-refractivity contribution < 1.29 is 13.9 Å². The fraction of sp³-hybridized carbons (Fsp3) is 0.438. The average Bonchev–Trinajstić information content (AvgIpc) is 2.85. The molecular formula is C16H21FN2O2. The summed E-state index contributed by atoms with van der Waals surface area (Å²) in [7, 11) is 2.05. The maximum atomic E-state index is 13.9. The number of halogens is 1. The lowest BCUT2D eigenvalue weighted by molar-refractivity contribution is -0.131. The van der Waals surface area contributed by atoms with E-state index in [1.54, 1.807) is 6.92 Å². The van der Waals surface area contributed by atoms with Crippen LogP contribution in [0.2, 0.25) is 0 Å². The van der Waals surface area contributed by atoms with Crippen LogP contribution >= 0.6 is 0 Å². The number of likely N-dealkylation sites (N-methyl/N-ethyl adjacent to an activating group) is 1. The van der Waals surface area contributed by atoms with Crippen LogP contribution in [-0.2, 0) is 11.2 Å². The summed E-state index contributed by atoms with van der Waals surface area (Å²) in [4.78, 5) is 16.5. The van der Waals surface area contributed by atoms with Crippen molar-refractivity contribution in [2.24, 2.45) is 0 Å². The molecule has 1 N–H and O–H groups in total. The summed E-state index contributed by atoms with van der Waals surface area (Å²) in [5.74, 6) is -0.536. The van der Waals surface area contributed by atoms with Crippen molar-refractivity contribution in [3.8, 4) is 5.75 Å². The molecule has 0 aliphatic heterocycles. The molecule has 1 aromatic heterocycles. The first-order valence-corrected chi connectivity index (χ1v) is 7.10. The van der Waals surface area contributed by atoms with Gasteiger partial charge in [-0.15, -0.1) is 0 Å². The smallest absolute Gasteiger partial charge is 0.308 e. The number of ether oxygens (including phenoxy) is 1. The van der Waals surface area contributed by atoms with E-state index in [-0.39, 0.29) is 11.6 Å². The Hall–Kier alpha value is -1.88. The molecule has 2 aromatic rings. The van der Waals surface area contributed by atoms with Crippen molar-refractivity contribution in [1.29, 1.82) is 0 Å². The Morgan fingerprint density at radius 3 is 2.81 bits per heavy atom. The summed E-state index contributed by atoms with van der Waals surface area (Å²) >= 11 is 0. The minimum Gasteiger partial charge on any atom is -0.426 e. The second-order valence-electron chi connectivity index (χ2n) is 5.28. The molecule has 21 heavy (non-hydrogen) atoms. The van der Waals surface area contributed by atoms with Crippen LogP contribution in [0.5, 0.6) is 5.75 Å². The predicted octanol–water partition coefficient (Wildman–Crippen LogP) is 3.03. The van der Waals surface area contributed by atoms with Crippen molar-refractivity contribution in [2.45, 2.75) is 27.2 Å². The standard InChI is InChI=1S/C16H21FN2O2/c1-5-19(4)7-6-12-9-18-16-10(2)13(17)8-14(15(12)16)21-11(3)20/h8-9,18H,5-7H2,1-4H3. The summed E-state index contributed by atoms with van der Waals surface area (Å²) in [6.07, 6.45) is 2.68. The molecular weight excluding hydrogens is 271 g/mol. The summed E-state index contributed by atoms with van der Waals surface area (Å²) < 4.78 is 19.1. The zero-order valence-electron chi connectivity index (χ0n) is 12.9. The third kappa shape index (κ3) is 3.24. The monoisotopic (exact) mass is 292 g/mol. The molecule has 5 heteroatoms. The molecule has 0 saturated heterocycles. The van der Waals surface area contributed by atoms with Gasteiger partial charge in [-0.1, -0.05) is 6.92 Å². The molecule has 4 nitrogen and oxygen atoms in total. The quantitative estimate of drug-likeness (QED) is 0.680. The molecule has 0 aliphatic rings. The van der Waals surface area contributed by atoms with E-state index in [4.69, 9.17) is 4.74 Å². The van der Waals surface area contributed by atoms with Crippen molar-refractivity contribution in [2.75, 3.05) is 20.1 Å². The maximum absolute atomic E-state index is 13.9. The number of H-pyrrole nitrogens is 1. The highest BCUT2D eigenvalue weighted by molar-refractivity contribution is 5.93. The van der Waals surface area contributed by atoms with Gasteiger partial charge >= 0.3 is 5.97 Å². The lowest BCUT2D eigenvalue weighted by Gasteiger charge is -2.13. The van der Waals surface area contributed by atoms with Gasteiger partial charge in [-0.25, -0.2) is 4.39 Å². The largest absolute Gasteiger partial charge is 0.426 e. The van der Waals surface area contributed by atoms with E-state index in [1.165, 1.54) is 13.0 Å². The molecule has 0 spiro atoms. The zero-order chi connectivity index (χ0) is 15.6. The number of aromatic nitrogens is 1. The normalized spacial score (nSPS) is 11.3. The molecule has 0 bridgehead atoms. The van der Waals surface area contributed by atoms with Gasteiger partial charge in [0, 0.05) is 36.7 Å². The number of aryl methyl sites for hydroxylation is 1. The van der Waals surface area contributed by atoms with Crippen LogP contribution < -0.4 is 4.74 Å². The highest BCUT2D eigenvalue weighted by Gasteiger charge is 2.17. The summed E-state index contributed by atoms with van der Waals surface area (Å²) in [6, 6.07) is 1.29. The minimum absolute atomic E-state index is 0.288. The summed E-state index contributed by atoms with van der Waals surface area (Å²) in [5, 5.41) is 0.800. The Morgan fingerprint density at radius 2 is 2.19 bits per heavy atom. The first-order valence-electron chi connectivity index (χ1n) is 7.10. The topological polar surface area (TPSA) is 45.3 Å². The van der Waals surface area contributed by atoms with Crippen molar-refractivity contribution in [3.05, 3.63) is 29.2 Å². The third-order valence-corrected chi connectivity index (χ3v) is 3.76. The molecule has 0 aliphatic carbocycles. The zero-order valence-corrected chi connectivity index (χ0v) is 12.9. The highest BCUT2D eigenvalue weighted by atomic mass is 19.1. The van der Waals surface area contributed by atoms with E-state index in [9.17, 15) is 9.18 Å². The highest BCUT2D eigenvalue weighted by Crippen LogP contribution is 2.33. The number of aromatic amines is 1. The van der Waals surface area contributed by atoms with Crippen LogP contribution in [0.4, 0.5) is 4.39 Å². The fourth-order valence-corrected chi connectivity index (χ4v) is 2.36. The van der Waals surface area contributed by atoms with Gasteiger partial charge in [0.2, 0.25) is 0 Å². The Balaban J connectivity index is 2.47. The Morgan fingerprint density at radius 1 is 1.48 bits per heavy atom. The average molecular weight is 292 g/mol. The molecule has 1 heterocycles. The molecule has 2 rings (SSSR count). The number of fused-ring (bicyclic) bond motifs is 1. The minimum atomic E-state index is -0.447. The number of rotatable bonds is 5. The molecule has 114 valence electrons. The Labute approximate surface area is 123 Å². The molecule has 1 aromatic carbocycles. The first kappa shape index (κ1) is 15.5. The van der Waals surface area contributed by atoms with Gasteiger partial charge in [-0.05, 0) is 32.5 Å². The fourth-order valence-electron chi connectivity index (χ4n) is 2.36. The SMILES string of the molecule is CCN(C)CCc1c[nH]c2c(C)c(F)cc(OC(C)=O)c12. The lowest BCUT2D eigenvalue weighted by atomic mass is 10.1. The summed E-state index contributed by atoms with van der Waals surface area (Å²) in [6.45, 7) is 6.99. The lowest BCUT2D eigenvalue weighted by Crippen LogP contribution is -2.20. The van der Waals surface area contributed by atoms with Crippen molar-refractivity contribution in [3.63, 3.8) is 0 Å². The number of benzene rings is 1. The van der Waals surface area contributed by atoms with Gasteiger partial charge in [-0.3, -0.25) is 4.79 Å². The van der Waals surface area contributed by atoms with Gasteiger partial charge in [0.25, 0.3) is 0 Å². The number of hydrogen-bond acceptors (Lipinski definition) is 3. The third-order valence-electron chi connectivity index (χ3n) is 3.76. The van der Waals surface area contributed by atoms with E-state index < -0.39 is 5.97 Å². The van der Waals surface area contributed by atoms with E-state index in [1.807, 2.05) is 13.2 Å². The maximum Gasteiger partial charge on any atom is 0.308 e. The number of nitrogens with zero attached hydrogens (tertiary/aromatic N) is 1. The van der Waals surface area contributed by atoms with Gasteiger partial charge < -0.3 is 14.6 Å². The second-order valence-corrected chi connectivity index (χ2v) is 5.28. The van der Waals surface area contributed by atoms with Crippen LogP contribution in [-0.4, -0.2) is 36.0 Å². The van der Waals surface area contributed by atoms with Crippen LogP contribution in [0, 0.1) is 12.7 Å². The van der Waals surface area contributed by atoms with Crippen LogP contribution in [0.25, 0.3) is 10.9 Å². The van der Waals surface area contributed by atoms with E-state index in [0.717, 1.165) is 30.5 Å². The molecule has 0 unspecified atom stereocenters. The van der Waals surface area contributed by atoms with Crippen LogP contribution in [0.3, 0.4) is 0 Å². The molecule has 0 fully saturated rings. The van der Waals surface area contributed by atoms with Gasteiger partial charge in [0.15, 0.2) is 0 Å². The number of carbonyl (C=O) groups excluding carboxylic acids is 1. The van der Waals surface area contributed by atoms with E-state index >= 15 is 0 Å². The Bertz CT molecular complexity index is 664. The van der Waals surface area contributed by atoms with E-state index in [0.29, 0.717) is 11.1 Å². The number of nitrogens with one attached hydrogen (secondary N) is 1. The van der Waals surface area contributed by atoms with E-state index in [2.05, 4.69) is 16.8 Å². The number of hydrogen-bond donors (Lipinski definition) is 1. The Kier molecular flexibility index (Phi) is 4.63. The summed E-state index contributed by atoms with van der Waals surface area (Å²) in [5.41, 5.74) is 2.26. The molecule has 0 atom stereocenters. The number of carbonyl (C=O) groups is 1. The second kappa shape index (κ2) is 6.26.